The highest BCUT2D eigenvalue weighted by Gasteiger charge is 2.19. The fourth-order valence-corrected chi connectivity index (χ4v) is 7.72. The van der Waals surface area contributed by atoms with E-state index in [4.69, 9.17) is 4.74 Å². The Morgan fingerprint density at radius 1 is 0.518 bits per heavy atom. The van der Waals surface area contributed by atoms with Gasteiger partial charge in [-0.05, 0) is 43.5 Å². The Balaban J connectivity index is 2.80. The fraction of sp³-hybridized carbons (Fsp3) is 0.854. The van der Waals surface area contributed by atoms with Gasteiger partial charge in [-0.3, -0.25) is 14.6 Å². The highest BCUT2D eigenvalue weighted by atomic mass is 16.5. The maximum atomic E-state index is 12.9. The molecule has 0 aliphatic carbocycles. The van der Waals surface area contributed by atoms with E-state index in [0.717, 1.165) is 57.8 Å². The van der Waals surface area contributed by atoms with Crippen molar-refractivity contribution in [1.82, 2.24) is 15.1 Å². The number of carbonyl (C=O) groups excluding carboxylic acids is 1. The summed E-state index contributed by atoms with van der Waals surface area (Å²) in [7, 11) is 1.61. The Bertz CT molecular complexity index is 968. The van der Waals surface area contributed by atoms with E-state index in [0.29, 0.717) is 57.1 Å². The maximum Gasteiger partial charge on any atom is 0.251 e. The van der Waals surface area contributed by atoms with Crippen LogP contribution in [0.4, 0.5) is 0 Å². The van der Waals surface area contributed by atoms with Crippen LogP contribution < -0.4 is 10.1 Å². The number of hydrogen-bond donors (Lipinski definition) is 4. The number of unbranched alkanes of at least 4 members (excludes halogenated alkanes) is 21. The number of aliphatic hydroxyl groups excluding tert-OH is 3. The van der Waals surface area contributed by atoms with Gasteiger partial charge in [0.15, 0.2) is 0 Å². The van der Waals surface area contributed by atoms with Gasteiger partial charge < -0.3 is 25.4 Å². The Morgan fingerprint density at radius 3 is 1.23 bits per heavy atom. The number of carbonyl (C=O) groups is 1. The van der Waals surface area contributed by atoms with Crippen LogP contribution in [0.25, 0.3) is 0 Å². The van der Waals surface area contributed by atoms with Crippen molar-refractivity contribution < 1.29 is 24.9 Å². The lowest BCUT2D eigenvalue weighted by Crippen LogP contribution is -2.45. The first-order chi connectivity index (χ1) is 27.3. The second-order valence-electron chi connectivity index (χ2n) is 16.8. The number of methoxy groups -OCH3 is 1. The van der Waals surface area contributed by atoms with Crippen molar-refractivity contribution >= 4 is 5.91 Å². The summed E-state index contributed by atoms with van der Waals surface area (Å²) in [6.45, 7) is 10.9. The van der Waals surface area contributed by atoms with Gasteiger partial charge in [0, 0.05) is 51.4 Å². The smallest absolute Gasteiger partial charge is 0.251 e. The number of nitrogens with zero attached hydrogens (tertiary/aromatic N) is 2. The van der Waals surface area contributed by atoms with E-state index in [1.807, 2.05) is 0 Å². The first-order valence-electron chi connectivity index (χ1n) is 23.7. The largest absolute Gasteiger partial charge is 0.497 e. The molecule has 1 rings (SSSR count). The van der Waals surface area contributed by atoms with Crippen LogP contribution in [-0.4, -0.2) is 102 Å². The number of benzene rings is 1. The molecule has 0 saturated heterocycles. The minimum absolute atomic E-state index is 0.123. The molecule has 0 radical (unpaired) electrons. The average molecular weight is 790 g/mol. The van der Waals surface area contributed by atoms with Crippen molar-refractivity contribution in [3.63, 3.8) is 0 Å². The molecule has 3 unspecified atom stereocenters. The van der Waals surface area contributed by atoms with E-state index >= 15 is 0 Å². The van der Waals surface area contributed by atoms with E-state index in [1.165, 1.54) is 116 Å². The Kier molecular flexibility index (Phi) is 35.1. The van der Waals surface area contributed by atoms with Crippen LogP contribution in [0.1, 0.15) is 204 Å². The van der Waals surface area contributed by atoms with Crippen LogP contribution in [0, 0.1) is 0 Å². The van der Waals surface area contributed by atoms with Crippen molar-refractivity contribution in [3.8, 4) is 5.75 Å². The van der Waals surface area contributed by atoms with Crippen LogP contribution in [-0.2, 0) is 0 Å². The van der Waals surface area contributed by atoms with Crippen LogP contribution in [0.3, 0.4) is 0 Å². The summed E-state index contributed by atoms with van der Waals surface area (Å²) in [6.07, 6.45) is 31.0. The van der Waals surface area contributed by atoms with Crippen molar-refractivity contribution in [2.24, 2.45) is 0 Å². The molecule has 56 heavy (non-hydrogen) atoms. The lowest BCUT2D eigenvalue weighted by Gasteiger charge is -2.31. The average Bonchev–Trinajstić information content (AvgIpc) is 3.19. The van der Waals surface area contributed by atoms with Gasteiger partial charge in [-0.2, -0.15) is 0 Å². The van der Waals surface area contributed by atoms with Gasteiger partial charge in [-0.1, -0.05) is 175 Å². The van der Waals surface area contributed by atoms with Crippen LogP contribution >= 0.6 is 0 Å². The Morgan fingerprint density at radius 2 is 0.857 bits per heavy atom. The molecule has 3 atom stereocenters. The third kappa shape index (κ3) is 30.4. The molecule has 1 aromatic carbocycles. The lowest BCUT2D eigenvalue weighted by atomic mass is 10.0. The normalized spacial score (nSPS) is 13.4. The summed E-state index contributed by atoms with van der Waals surface area (Å²) < 4.78 is 5.24. The fourth-order valence-electron chi connectivity index (χ4n) is 7.72. The number of ether oxygens (including phenoxy) is 1. The minimum Gasteiger partial charge on any atom is -0.497 e. The maximum absolute atomic E-state index is 12.9. The van der Waals surface area contributed by atoms with E-state index in [-0.39, 0.29) is 5.91 Å². The molecular formula is C48H91N3O5. The van der Waals surface area contributed by atoms with Gasteiger partial charge in [-0.25, -0.2) is 0 Å². The van der Waals surface area contributed by atoms with E-state index < -0.39 is 18.3 Å². The van der Waals surface area contributed by atoms with Crippen LogP contribution in [0.5, 0.6) is 5.75 Å². The first-order valence-corrected chi connectivity index (χ1v) is 23.7. The number of rotatable bonds is 41. The molecule has 0 bridgehead atoms. The molecule has 0 fully saturated rings. The zero-order chi connectivity index (χ0) is 40.9. The monoisotopic (exact) mass is 790 g/mol. The van der Waals surface area contributed by atoms with Crippen LogP contribution in [0.2, 0.25) is 0 Å². The zero-order valence-corrected chi connectivity index (χ0v) is 37.1. The number of aliphatic hydroxyl groups is 3. The summed E-state index contributed by atoms with van der Waals surface area (Å²) >= 11 is 0. The molecule has 328 valence electrons. The van der Waals surface area contributed by atoms with Gasteiger partial charge in [0.1, 0.15) is 5.75 Å². The third-order valence-corrected chi connectivity index (χ3v) is 11.4. The lowest BCUT2D eigenvalue weighted by molar-refractivity contribution is 0.0482. The second-order valence-corrected chi connectivity index (χ2v) is 16.8. The van der Waals surface area contributed by atoms with Gasteiger partial charge in [0.2, 0.25) is 0 Å². The summed E-state index contributed by atoms with van der Waals surface area (Å²) in [5, 5.41) is 36.5. The molecular weight excluding hydrogens is 699 g/mol. The van der Waals surface area contributed by atoms with E-state index in [9.17, 15) is 20.1 Å². The van der Waals surface area contributed by atoms with Crippen LogP contribution in [0.15, 0.2) is 24.3 Å². The van der Waals surface area contributed by atoms with Crippen molar-refractivity contribution in [2.45, 2.75) is 212 Å². The van der Waals surface area contributed by atoms with Crippen molar-refractivity contribution in [1.29, 1.82) is 0 Å². The van der Waals surface area contributed by atoms with Gasteiger partial charge >= 0.3 is 0 Å². The molecule has 1 aromatic rings. The number of amides is 1. The number of hydrogen-bond acceptors (Lipinski definition) is 7. The molecule has 0 aliphatic heterocycles. The molecule has 8 nitrogen and oxygen atoms in total. The van der Waals surface area contributed by atoms with E-state index in [2.05, 4.69) is 35.9 Å². The molecule has 0 heterocycles. The van der Waals surface area contributed by atoms with Gasteiger partial charge in [0.05, 0.1) is 25.4 Å². The molecule has 1 amide bonds. The van der Waals surface area contributed by atoms with Gasteiger partial charge in [0.25, 0.3) is 5.91 Å². The minimum atomic E-state index is -0.430. The molecule has 8 heteroatoms. The SMILES string of the molecule is CCCCCCCCCCC(O)CN(CCNC(=O)c1ccc(OC)cc1)CCN(CC(O)CCCCCCCCCC)CC(O)CCCCCCCCCC. The highest BCUT2D eigenvalue weighted by Crippen LogP contribution is 2.16. The van der Waals surface area contributed by atoms with E-state index in [1.54, 1.807) is 31.4 Å². The molecule has 0 saturated carbocycles. The third-order valence-electron chi connectivity index (χ3n) is 11.4. The van der Waals surface area contributed by atoms with Crippen molar-refractivity contribution in [2.75, 3.05) is 52.9 Å². The molecule has 0 spiro atoms. The van der Waals surface area contributed by atoms with Crippen molar-refractivity contribution in [3.05, 3.63) is 29.8 Å². The highest BCUT2D eigenvalue weighted by molar-refractivity contribution is 5.94. The van der Waals surface area contributed by atoms with Gasteiger partial charge in [-0.15, -0.1) is 0 Å². The summed E-state index contributed by atoms with van der Waals surface area (Å²) in [6, 6.07) is 7.14. The Labute approximate surface area is 345 Å². The quantitative estimate of drug-likeness (QED) is 0.0490. The predicted molar refractivity (Wildman–Crippen MR) is 238 cm³/mol. The first kappa shape index (κ1) is 52.3. The Hall–Kier alpha value is -1.71. The summed E-state index contributed by atoms with van der Waals surface area (Å²) in [5.41, 5.74) is 0.592. The number of nitrogens with one attached hydrogen (secondary N) is 1. The summed E-state index contributed by atoms with van der Waals surface area (Å²) in [5.74, 6) is 0.593. The molecule has 4 N–H and O–H groups in total. The molecule has 0 aliphatic rings. The molecule has 0 aromatic heterocycles. The predicted octanol–water partition coefficient (Wildman–Crippen LogP) is 10.7. The second kappa shape index (κ2) is 37.6. The standard InChI is InChI=1S/C48H91N3O5/c1-5-8-11-14-17-20-23-26-29-44(52)40-50(37-36-49-48(55)43-32-34-47(56-4)35-33-43)38-39-51(41-45(53)30-27-24-21-18-15-12-9-6-2)42-46(54)31-28-25-22-19-16-13-10-7-3/h32-35,44-46,52-54H,5-31,36-42H2,1-4H3,(H,49,55). The summed E-state index contributed by atoms with van der Waals surface area (Å²) in [4.78, 5) is 17.4. The zero-order valence-electron chi connectivity index (χ0n) is 37.1. The topological polar surface area (TPSA) is 106 Å².